The van der Waals surface area contributed by atoms with Crippen molar-refractivity contribution < 1.29 is 4.74 Å². The van der Waals surface area contributed by atoms with Gasteiger partial charge in [0, 0.05) is 10.3 Å². The second-order valence-corrected chi connectivity index (χ2v) is 6.00. The van der Waals surface area contributed by atoms with Crippen molar-refractivity contribution in [2.24, 2.45) is 0 Å². The van der Waals surface area contributed by atoms with Crippen molar-refractivity contribution in [3.05, 3.63) is 64.9 Å². The Labute approximate surface area is 116 Å². The fourth-order valence-corrected chi connectivity index (χ4v) is 3.47. The van der Waals surface area contributed by atoms with E-state index in [1.165, 1.54) is 15.6 Å². The lowest BCUT2D eigenvalue weighted by molar-refractivity contribution is 0.188. The lowest BCUT2D eigenvalue weighted by Crippen LogP contribution is -2.13. The fraction of sp³-hybridized carbons (Fsp3) is 0.176. The molecule has 1 heterocycles. The summed E-state index contributed by atoms with van der Waals surface area (Å²) in [5.41, 5.74) is -0.0573. The molecule has 94 valence electrons. The van der Waals surface area contributed by atoms with E-state index >= 15 is 0 Å². The highest BCUT2D eigenvalue weighted by molar-refractivity contribution is 7.10. The van der Waals surface area contributed by atoms with Crippen molar-refractivity contribution in [1.29, 1.82) is 0 Å². The van der Waals surface area contributed by atoms with Gasteiger partial charge in [0.1, 0.15) is 11.4 Å². The molecule has 0 radical (unpaired) electrons. The van der Waals surface area contributed by atoms with Gasteiger partial charge in [0.2, 0.25) is 0 Å². The molecule has 3 aromatic rings. The number of ether oxygens (including phenoxy) is 1. The van der Waals surface area contributed by atoms with Gasteiger partial charge < -0.3 is 4.74 Å². The van der Waals surface area contributed by atoms with E-state index in [9.17, 15) is 0 Å². The number of hydrogen-bond donors (Lipinski definition) is 0. The molecule has 1 aliphatic carbocycles. The standard InChI is InChI=1S/C17H14OS/c1-2-7-14-13(5-1)6-3-8-15(14)18-17(10-11-17)16-9-4-12-19-16/h1-9,12H,10-11H2. The Morgan fingerprint density at radius 1 is 0.895 bits per heavy atom. The van der Waals surface area contributed by atoms with E-state index in [4.69, 9.17) is 4.74 Å². The average molecular weight is 266 g/mol. The highest BCUT2D eigenvalue weighted by Gasteiger charge is 2.48. The zero-order valence-corrected chi connectivity index (χ0v) is 11.3. The van der Waals surface area contributed by atoms with E-state index in [1.54, 1.807) is 11.3 Å². The molecule has 0 spiro atoms. The van der Waals surface area contributed by atoms with Crippen LogP contribution in [0.25, 0.3) is 10.8 Å². The molecule has 0 atom stereocenters. The third-order valence-corrected chi connectivity index (χ3v) is 4.78. The summed E-state index contributed by atoms with van der Waals surface area (Å²) in [6, 6.07) is 19.0. The molecule has 1 nitrogen and oxygen atoms in total. The monoisotopic (exact) mass is 266 g/mol. The molecule has 2 heteroatoms. The van der Waals surface area contributed by atoms with Crippen LogP contribution in [0.4, 0.5) is 0 Å². The van der Waals surface area contributed by atoms with Crippen LogP contribution < -0.4 is 4.74 Å². The molecule has 1 aromatic heterocycles. The van der Waals surface area contributed by atoms with Gasteiger partial charge in [-0.05, 0) is 35.7 Å². The van der Waals surface area contributed by atoms with Gasteiger partial charge in [0.15, 0.2) is 0 Å². The van der Waals surface area contributed by atoms with E-state index in [0.717, 1.165) is 18.6 Å². The SMILES string of the molecule is c1csc(C2(Oc3cccc4ccccc34)CC2)c1. The summed E-state index contributed by atoms with van der Waals surface area (Å²) in [4.78, 5) is 1.35. The minimum absolute atomic E-state index is 0.0573. The van der Waals surface area contributed by atoms with Crippen LogP contribution in [0.2, 0.25) is 0 Å². The molecule has 0 bridgehead atoms. The van der Waals surface area contributed by atoms with Crippen LogP contribution in [-0.2, 0) is 5.60 Å². The van der Waals surface area contributed by atoms with Gasteiger partial charge in [-0.2, -0.15) is 0 Å². The van der Waals surface area contributed by atoms with Crippen LogP contribution in [0.15, 0.2) is 60.0 Å². The Morgan fingerprint density at radius 2 is 1.74 bits per heavy atom. The van der Waals surface area contributed by atoms with E-state index in [1.807, 2.05) is 0 Å². The topological polar surface area (TPSA) is 9.23 Å². The molecular formula is C17H14OS. The van der Waals surface area contributed by atoms with Crippen molar-refractivity contribution in [2.75, 3.05) is 0 Å². The molecule has 1 fully saturated rings. The number of rotatable bonds is 3. The molecule has 2 aromatic carbocycles. The van der Waals surface area contributed by atoms with Gasteiger partial charge in [-0.3, -0.25) is 0 Å². The maximum atomic E-state index is 6.38. The van der Waals surface area contributed by atoms with E-state index in [0.29, 0.717) is 0 Å². The first-order valence-corrected chi connectivity index (χ1v) is 7.46. The van der Waals surface area contributed by atoms with Crippen LogP contribution in [0, 0.1) is 0 Å². The van der Waals surface area contributed by atoms with Gasteiger partial charge in [0.25, 0.3) is 0 Å². The van der Waals surface area contributed by atoms with Crippen molar-refractivity contribution in [2.45, 2.75) is 18.4 Å². The van der Waals surface area contributed by atoms with Crippen LogP contribution in [0.3, 0.4) is 0 Å². The lowest BCUT2D eigenvalue weighted by Gasteiger charge is -2.18. The summed E-state index contributed by atoms with van der Waals surface area (Å²) in [6.07, 6.45) is 2.24. The summed E-state index contributed by atoms with van der Waals surface area (Å²) in [5, 5.41) is 4.57. The molecule has 0 aliphatic heterocycles. The second-order valence-electron chi connectivity index (χ2n) is 5.05. The molecule has 19 heavy (non-hydrogen) atoms. The first kappa shape index (κ1) is 11.1. The zero-order chi connectivity index (χ0) is 12.7. The summed E-state index contributed by atoms with van der Waals surface area (Å²) in [6.45, 7) is 0. The summed E-state index contributed by atoms with van der Waals surface area (Å²) in [7, 11) is 0. The Balaban J connectivity index is 1.76. The summed E-state index contributed by atoms with van der Waals surface area (Å²) in [5.74, 6) is 1.00. The van der Waals surface area contributed by atoms with E-state index in [2.05, 4.69) is 60.0 Å². The largest absolute Gasteiger partial charge is 0.481 e. The predicted octanol–water partition coefficient (Wildman–Crippen LogP) is 4.97. The average Bonchev–Trinajstić information content (AvgIpc) is 3.02. The van der Waals surface area contributed by atoms with Crippen molar-refractivity contribution in [3.63, 3.8) is 0 Å². The molecule has 4 rings (SSSR count). The third kappa shape index (κ3) is 1.83. The molecule has 1 saturated carbocycles. The number of benzene rings is 2. The maximum absolute atomic E-state index is 6.38. The summed E-state index contributed by atoms with van der Waals surface area (Å²) < 4.78 is 6.38. The summed E-state index contributed by atoms with van der Waals surface area (Å²) >= 11 is 1.79. The molecule has 1 aliphatic rings. The Kier molecular flexibility index (Phi) is 2.39. The van der Waals surface area contributed by atoms with Gasteiger partial charge in [-0.25, -0.2) is 0 Å². The van der Waals surface area contributed by atoms with Crippen LogP contribution in [0.5, 0.6) is 5.75 Å². The molecule has 0 unspecified atom stereocenters. The normalized spacial score (nSPS) is 16.4. The molecule has 0 saturated heterocycles. The molecule has 0 N–H and O–H groups in total. The van der Waals surface area contributed by atoms with Crippen molar-refractivity contribution >= 4 is 22.1 Å². The van der Waals surface area contributed by atoms with Gasteiger partial charge in [-0.1, -0.05) is 42.5 Å². The van der Waals surface area contributed by atoms with E-state index < -0.39 is 0 Å². The Morgan fingerprint density at radius 3 is 2.53 bits per heavy atom. The highest BCUT2D eigenvalue weighted by Crippen LogP contribution is 2.51. The maximum Gasteiger partial charge on any atom is 0.143 e. The fourth-order valence-electron chi connectivity index (χ4n) is 2.55. The smallest absolute Gasteiger partial charge is 0.143 e. The van der Waals surface area contributed by atoms with E-state index in [-0.39, 0.29) is 5.60 Å². The van der Waals surface area contributed by atoms with Crippen LogP contribution >= 0.6 is 11.3 Å². The predicted molar refractivity (Wildman–Crippen MR) is 79.8 cm³/mol. The number of thiophene rings is 1. The zero-order valence-electron chi connectivity index (χ0n) is 10.5. The van der Waals surface area contributed by atoms with Crippen molar-refractivity contribution in [1.82, 2.24) is 0 Å². The first-order valence-electron chi connectivity index (χ1n) is 6.58. The van der Waals surface area contributed by atoms with Gasteiger partial charge in [-0.15, -0.1) is 11.3 Å². The van der Waals surface area contributed by atoms with Crippen LogP contribution in [0.1, 0.15) is 17.7 Å². The van der Waals surface area contributed by atoms with Gasteiger partial charge in [0.05, 0.1) is 0 Å². The Hall–Kier alpha value is -1.80. The molecule has 0 amide bonds. The first-order chi connectivity index (χ1) is 9.37. The Bertz CT molecular complexity index is 706. The second kappa shape index (κ2) is 4.10. The number of hydrogen-bond acceptors (Lipinski definition) is 2. The van der Waals surface area contributed by atoms with Crippen LogP contribution in [-0.4, -0.2) is 0 Å². The highest BCUT2D eigenvalue weighted by atomic mass is 32.1. The third-order valence-electron chi connectivity index (χ3n) is 3.73. The minimum Gasteiger partial charge on any atom is -0.481 e. The quantitative estimate of drug-likeness (QED) is 0.650. The van der Waals surface area contributed by atoms with Gasteiger partial charge >= 0.3 is 0 Å². The van der Waals surface area contributed by atoms with Crippen molar-refractivity contribution in [3.8, 4) is 5.75 Å². The molecular weight excluding hydrogens is 252 g/mol. The minimum atomic E-state index is -0.0573. The number of fused-ring (bicyclic) bond motifs is 1. The lowest BCUT2D eigenvalue weighted by atomic mass is 10.1.